The van der Waals surface area contributed by atoms with Crippen LogP contribution in [0.25, 0.3) is 10.9 Å². The van der Waals surface area contributed by atoms with Crippen LogP contribution in [0.2, 0.25) is 0 Å². The van der Waals surface area contributed by atoms with Crippen LogP contribution in [-0.4, -0.2) is 28.4 Å². The van der Waals surface area contributed by atoms with Crippen molar-refractivity contribution in [2.45, 2.75) is 38.0 Å². The van der Waals surface area contributed by atoms with Crippen LogP contribution in [0.15, 0.2) is 81.1 Å². The van der Waals surface area contributed by atoms with E-state index in [-0.39, 0.29) is 18.1 Å². The van der Waals surface area contributed by atoms with Crippen molar-refractivity contribution >= 4 is 44.6 Å². The van der Waals surface area contributed by atoms with Gasteiger partial charge < -0.3 is 10.1 Å². The van der Waals surface area contributed by atoms with Gasteiger partial charge in [0.25, 0.3) is 11.5 Å². The van der Waals surface area contributed by atoms with Crippen molar-refractivity contribution < 1.29 is 13.9 Å². The normalized spacial score (nSPS) is 14.2. The fraction of sp³-hybridized carbons (Fsp3) is 0.241. The molecular weight excluding hydrogens is 551 g/mol. The number of nitrogens with one attached hydrogen (secondary N) is 1. The van der Waals surface area contributed by atoms with Gasteiger partial charge in [-0.15, -0.1) is 0 Å². The molecule has 9 heteroatoms. The molecule has 1 fully saturated rings. The summed E-state index contributed by atoms with van der Waals surface area (Å²) in [4.78, 5) is 30.7. The van der Waals surface area contributed by atoms with Gasteiger partial charge in [0.05, 0.1) is 17.1 Å². The lowest BCUT2D eigenvalue weighted by atomic mass is 9.88. The van der Waals surface area contributed by atoms with E-state index >= 15 is 0 Å². The fourth-order valence-electron chi connectivity index (χ4n) is 4.66. The molecule has 1 N–H and O–H groups in total. The molecule has 5 rings (SSSR count). The molecule has 1 amide bonds. The van der Waals surface area contributed by atoms with Crippen LogP contribution in [-0.2, 0) is 4.79 Å². The first-order valence-corrected chi connectivity index (χ1v) is 13.3. The fourth-order valence-corrected chi connectivity index (χ4v) is 5.03. The van der Waals surface area contributed by atoms with Gasteiger partial charge >= 0.3 is 0 Å². The maximum absolute atomic E-state index is 13.5. The highest BCUT2D eigenvalue weighted by Crippen LogP contribution is 2.32. The number of carbonyl (C=O) groups is 1. The number of aromatic nitrogens is 2. The van der Waals surface area contributed by atoms with Crippen LogP contribution in [0.1, 0.15) is 49.4 Å². The Balaban J connectivity index is 1.43. The summed E-state index contributed by atoms with van der Waals surface area (Å²) in [5.74, 6) is 0.351. The first-order chi connectivity index (χ1) is 18.5. The number of nitrogens with zero attached hydrogens (tertiary/aromatic N) is 3. The number of halogens is 2. The molecular formula is C29H26BrFN4O3. The average Bonchev–Trinajstić information content (AvgIpc) is 2.92. The van der Waals surface area contributed by atoms with E-state index in [0.717, 1.165) is 30.2 Å². The second-order valence-electron chi connectivity index (χ2n) is 9.21. The topological polar surface area (TPSA) is 85.6 Å². The van der Waals surface area contributed by atoms with Crippen molar-refractivity contribution in [2.75, 3.05) is 11.9 Å². The first kappa shape index (κ1) is 25.8. The van der Waals surface area contributed by atoms with E-state index in [1.165, 1.54) is 29.3 Å². The summed E-state index contributed by atoms with van der Waals surface area (Å²) >= 11 is 3.46. The van der Waals surface area contributed by atoms with Gasteiger partial charge in [-0.25, -0.2) is 9.37 Å². The third-order valence-corrected chi connectivity index (χ3v) is 6.99. The second-order valence-corrected chi connectivity index (χ2v) is 10.1. The Morgan fingerprint density at radius 3 is 2.74 bits per heavy atom. The molecule has 1 aromatic heterocycles. The molecule has 0 bridgehead atoms. The van der Waals surface area contributed by atoms with Gasteiger partial charge in [-0.1, -0.05) is 53.4 Å². The van der Waals surface area contributed by atoms with Gasteiger partial charge in [-0.05, 0) is 61.4 Å². The average molecular weight is 577 g/mol. The Labute approximate surface area is 227 Å². The van der Waals surface area contributed by atoms with Crippen molar-refractivity contribution in [3.63, 3.8) is 0 Å². The second kappa shape index (κ2) is 11.7. The minimum atomic E-state index is -0.443. The molecule has 1 heterocycles. The van der Waals surface area contributed by atoms with E-state index in [0.29, 0.717) is 33.7 Å². The van der Waals surface area contributed by atoms with E-state index in [1.807, 2.05) is 18.2 Å². The number of benzene rings is 3. The highest BCUT2D eigenvalue weighted by atomic mass is 79.9. The van der Waals surface area contributed by atoms with E-state index in [9.17, 15) is 14.0 Å². The van der Waals surface area contributed by atoms with Gasteiger partial charge in [0.15, 0.2) is 6.61 Å². The Morgan fingerprint density at radius 2 is 1.92 bits per heavy atom. The molecule has 0 spiro atoms. The Bertz CT molecular complexity index is 1560. The number of ether oxygens (including phenoxy) is 1. The van der Waals surface area contributed by atoms with E-state index in [2.05, 4.69) is 26.3 Å². The highest BCUT2D eigenvalue weighted by Gasteiger charge is 2.22. The largest absolute Gasteiger partial charge is 0.483 e. The summed E-state index contributed by atoms with van der Waals surface area (Å²) in [7, 11) is 0. The van der Waals surface area contributed by atoms with Crippen molar-refractivity contribution in [2.24, 2.45) is 5.10 Å². The van der Waals surface area contributed by atoms with Gasteiger partial charge in [0, 0.05) is 21.6 Å². The van der Waals surface area contributed by atoms with Crippen LogP contribution >= 0.6 is 15.9 Å². The molecule has 4 aromatic rings. The maximum Gasteiger partial charge on any atom is 0.282 e. The smallest absolute Gasteiger partial charge is 0.282 e. The van der Waals surface area contributed by atoms with Gasteiger partial charge in [0.2, 0.25) is 0 Å². The Kier molecular flexibility index (Phi) is 7.93. The molecule has 0 saturated heterocycles. The predicted molar refractivity (Wildman–Crippen MR) is 149 cm³/mol. The lowest BCUT2D eigenvalue weighted by molar-refractivity contribution is -0.118. The summed E-state index contributed by atoms with van der Waals surface area (Å²) in [6, 6.07) is 18.2. The van der Waals surface area contributed by atoms with E-state index < -0.39 is 11.7 Å². The van der Waals surface area contributed by atoms with Gasteiger partial charge in [-0.2, -0.15) is 9.78 Å². The molecule has 1 aliphatic carbocycles. The zero-order chi connectivity index (χ0) is 26.5. The van der Waals surface area contributed by atoms with Crippen molar-refractivity contribution in [3.05, 3.63) is 98.8 Å². The third-order valence-electron chi connectivity index (χ3n) is 6.50. The molecule has 0 unspecified atom stereocenters. The van der Waals surface area contributed by atoms with Crippen LogP contribution in [0.3, 0.4) is 0 Å². The molecule has 194 valence electrons. The van der Waals surface area contributed by atoms with Crippen LogP contribution < -0.4 is 15.6 Å². The van der Waals surface area contributed by atoms with Crippen molar-refractivity contribution in [1.29, 1.82) is 0 Å². The molecule has 0 atom stereocenters. The Morgan fingerprint density at radius 1 is 1.11 bits per heavy atom. The van der Waals surface area contributed by atoms with E-state index in [4.69, 9.17) is 9.72 Å². The molecule has 0 radical (unpaired) electrons. The zero-order valence-corrected chi connectivity index (χ0v) is 22.2. The van der Waals surface area contributed by atoms with Crippen LogP contribution in [0.4, 0.5) is 10.1 Å². The number of para-hydroxylation sites is 1. The summed E-state index contributed by atoms with van der Waals surface area (Å²) in [5.41, 5.74) is 1.36. The monoisotopic (exact) mass is 576 g/mol. The number of rotatable bonds is 7. The lowest BCUT2D eigenvalue weighted by Gasteiger charge is -2.22. The molecule has 7 nitrogen and oxygen atoms in total. The highest BCUT2D eigenvalue weighted by molar-refractivity contribution is 9.10. The number of hydrogen-bond donors (Lipinski definition) is 1. The minimum absolute atomic E-state index is 0.156. The molecule has 1 saturated carbocycles. The summed E-state index contributed by atoms with van der Waals surface area (Å²) < 4.78 is 21.4. The van der Waals surface area contributed by atoms with Gasteiger partial charge in [0.1, 0.15) is 17.4 Å². The standard InChI is InChI=1S/C29H26BrFN4O3/c30-21-13-14-26(38-18-27(36)33-23-10-6-9-22(31)16-23)20(15-21)17-32-35-28(19-7-2-1-3-8-19)34-25-12-5-4-11-24(25)29(35)37/h4-6,9-17,19H,1-3,7-8,18H2,(H,33,36). The number of anilines is 1. The van der Waals surface area contributed by atoms with Crippen molar-refractivity contribution in [3.8, 4) is 5.75 Å². The molecule has 3 aromatic carbocycles. The Hall–Kier alpha value is -3.85. The number of carbonyl (C=O) groups excluding carboxylic acids is 1. The molecule has 38 heavy (non-hydrogen) atoms. The zero-order valence-electron chi connectivity index (χ0n) is 20.6. The van der Waals surface area contributed by atoms with Crippen molar-refractivity contribution in [1.82, 2.24) is 9.66 Å². The first-order valence-electron chi connectivity index (χ1n) is 12.5. The third kappa shape index (κ3) is 5.99. The van der Waals surface area contributed by atoms with Gasteiger partial charge in [-0.3, -0.25) is 9.59 Å². The molecule has 1 aliphatic rings. The summed E-state index contributed by atoms with van der Waals surface area (Å²) in [5, 5.41) is 7.69. The van der Waals surface area contributed by atoms with Crippen LogP contribution in [0, 0.1) is 5.82 Å². The summed E-state index contributed by atoms with van der Waals surface area (Å²) in [6.45, 7) is -0.288. The van der Waals surface area contributed by atoms with Crippen LogP contribution in [0.5, 0.6) is 5.75 Å². The summed E-state index contributed by atoms with van der Waals surface area (Å²) in [6.07, 6.45) is 6.85. The number of hydrogen-bond acceptors (Lipinski definition) is 5. The number of fused-ring (bicyclic) bond motifs is 1. The lowest BCUT2D eigenvalue weighted by Crippen LogP contribution is -2.25. The molecule has 0 aliphatic heterocycles. The number of amides is 1. The quantitative estimate of drug-likeness (QED) is 0.264. The predicted octanol–water partition coefficient (Wildman–Crippen LogP) is 6.25. The van der Waals surface area contributed by atoms with E-state index in [1.54, 1.807) is 36.5 Å². The maximum atomic E-state index is 13.5. The SMILES string of the molecule is O=C(COc1ccc(Br)cc1C=Nn1c(C2CCCCC2)nc2ccccc2c1=O)Nc1cccc(F)c1. The minimum Gasteiger partial charge on any atom is -0.483 e.